The minimum Gasteiger partial charge on any atom is -0.446 e. The van der Waals surface area contributed by atoms with Crippen molar-refractivity contribution in [1.82, 2.24) is 4.90 Å². The summed E-state index contributed by atoms with van der Waals surface area (Å²) >= 11 is 0. The number of halogens is 6. The molecular weight excluding hydrogens is 500 g/mol. The summed E-state index contributed by atoms with van der Waals surface area (Å²) in [6.07, 6.45) is -8.26. The molecule has 1 amide bonds. The van der Waals surface area contributed by atoms with Gasteiger partial charge in [-0.25, -0.2) is 4.79 Å². The van der Waals surface area contributed by atoms with Gasteiger partial charge in [0.1, 0.15) is 0 Å². The number of carbonyl (C=O) groups is 1. The molecular formula is C26H27F6N3O2. The second-order valence-corrected chi connectivity index (χ2v) is 9.32. The first-order valence-electron chi connectivity index (χ1n) is 11.7. The molecule has 5 nitrogen and oxygen atoms in total. The van der Waals surface area contributed by atoms with Gasteiger partial charge in [0.25, 0.3) is 0 Å². The largest absolute Gasteiger partial charge is 0.446 e. The zero-order chi connectivity index (χ0) is 27.7. The van der Waals surface area contributed by atoms with Crippen molar-refractivity contribution in [2.45, 2.75) is 77.6 Å². The molecule has 0 saturated heterocycles. The van der Waals surface area contributed by atoms with Gasteiger partial charge in [0.05, 0.1) is 35.5 Å². The molecule has 11 heteroatoms. The predicted molar refractivity (Wildman–Crippen MR) is 124 cm³/mol. The molecule has 2 aromatic carbocycles. The molecule has 1 aliphatic heterocycles. The third kappa shape index (κ3) is 6.29. The highest BCUT2D eigenvalue weighted by Gasteiger charge is 2.40. The number of anilines is 1. The smallest absolute Gasteiger partial charge is 0.416 e. The van der Waals surface area contributed by atoms with Gasteiger partial charge in [0.2, 0.25) is 0 Å². The van der Waals surface area contributed by atoms with Crippen molar-refractivity contribution in [3.05, 3.63) is 64.2 Å². The van der Waals surface area contributed by atoms with E-state index in [0.717, 1.165) is 5.56 Å². The van der Waals surface area contributed by atoms with Crippen LogP contribution in [0.1, 0.15) is 67.5 Å². The molecule has 0 radical (unpaired) electrons. The number of nitrogens with zero attached hydrogens (tertiary/aromatic N) is 3. The Bertz CT molecular complexity index is 1150. The second kappa shape index (κ2) is 10.5. The fraction of sp³-hybridized carbons (Fsp3) is 0.462. The number of amides is 1. The number of carbonyl (C=O) groups excluding carboxylic acids is 1. The van der Waals surface area contributed by atoms with Crippen LogP contribution >= 0.6 is 0 Å². The summed E-state index contributed by atoms with van der Waals surface area (Å²) in [5, 5.41) is 9.97. The lowest BCUT2D eigenvalue weighted by atomic mass is 9.88. The molecule has 200 valence electrons. The summed E-state index contributed by atoms with van der Waals surface area (Å²) in [4.78, 5) is 15.6. The number of nitriles is 1. The molecule has 3 rings (SSSR count). The normalized spacial score (nSPS) is 17.8. The molecule has 0 bridgehead atoms. The molecule has 37 heavy (non-hydrogen) atoms. The lowest BCUT2D eigenvalue weighted by Crippen LogP contribution is -2.47. The van der Waals surface area contributed by atoms with E-state index >= 15 is 0 Å². The highest BCUT2D eigenvalue weighted by Crippen LogP contribution is 2.43. The van der Waals surface area contributed by atoms with E-state index in [4.69, 9.17) is 4.74 Å². The van der Waals surface area contributed by atoms with Crippen LogP contribution in [0.4, 0.5) is 36.8 Å². The minimum atomic E-state index is -4.99. The molecule has 0 unspecified atom stereocenters. The monoisotopic (exact) mass is 527 g/mol. The molecule has 0 saturated carbocycles. The van der Waals surface area contributed by atoms with Gasteiger partial charge in [-0.15, -0.1) is 0 Å². The Hall–Kier alpha value is -3.42. The van der Waals surface area contributed by atoms with E-state index in [1.54, 1.807) is 39.0 Å². The zero-order valence-electron chi connectivity index (χ0n) is 20.7. The van der Waals surface area contributed by atoms with Crippen molar-refractivity contribution < 1.29 is 35.9 Å². The van der Waals surface area contributed by atoms with Crippen LogP contribution in [0.25, 0.3) is 0 Å². The maximum absolute atomic E-state index is 13.4. The summed E-state index contributed by atoms with van der Waals surface area (Å²) in [5.74, 6) is 0. The van der Waals surface area contributed by atoms with Crippen molar-refractivity contribution >= 4 is 11.8 Å². The topological polar surface area (TPSA) is 56.6 Å². The molecule has 0 spiro atoms. The number of rotatable bonds is 5. The van der Waals surface area contributed by atoms with Gasteiger partial charge < -0.3 is 4.74 Å². The quantitative estimate of drug-likeness (QED) is 0.228. The maximum Gasteiger partial charge on any atom is 0.416 e. The minimum absolute atomic E-state index is 0.0603. The van der Waals surface area contributed by atoms with Gasteiger partial charge in [-0.3, -0.25) is 9.80 Å². The van der Waals surface area contributed by atoms with Crippen LogP contribution in [0, 0.1) is 18.4 Å². The summed E-state index contributed by atoms with van der Waals surface area (Å²) < 4.78 is 85.6. The van der Waals surface area contributed by atoms with E-state index in [9.17, 15) is 36.4 Å². The first-order chi connectivity index (χ1) is 17.1. The van der Waals surface area contributed by atoms with Crippen molar-refractivity contribution in [3.8, 4) is 6.19 Å². The standard InChI is InChI=1S/C26H27F6N3O2/c1-5-20-12-23(21-8-16(4)6-7-22(21)35(20)24(36)37-15(2)3)34(14-33)13-17-9-18(25(27,28)29)11-19(10-17)26(30,31)32/h6-11,15,20,23H,5,12-13H2,1-4H3/t20-,23+/m1/s1. The average molecular weight is 528 g/mol. The van der Waals surface area contributed by atoms with E-state index in [2.05, 4.69) is 0 Å². The second-order valence-electron chi connectivity index (χ2n) is 9.32. The van der Waals surface area contributed by atoms with Gasteiger partial charge in [-0.1, -0.05) is 24.6 Å². The zero-order valence-corrected chi connectivity index (χ0v) is 20.7. The van der Waals surface area contributed by atoms with Gasteiger partial charge in [0, 0.05) is 6.04 Å². The fourth-order valence-corrected chi connectivity index (χ4v) is 4.52. The summed E-state index contributed by atoms with van der Waals surface area (Å²) in [6, 6.07) is 5.48. The molecule has 0 N–H and O–H groups in total. The Morgan fingerprint density at radius 3 is 2.19 bits per heavy atom. The van der Waals surface area contributed by atoms with Crippen molar-refractivity contribution in [2.75, 3.05) is 4.90 Å². The fourth-order valence-electron chi connectivity index (χ4n) is 4.52. The van der Waals surface area contributed by atoms with Crippen LogP contribution in [-0.2, 0) is 23.6 Å². The van der Waals surface area contributed by atoms with Crippen LogP contribution in [0.3, 0.4) is 0 Å². The predicted octanol–water partition coefficient (Wildman–Crippen LogP) is 7.59. The molecule has 0 aliphatic carbocycles. The van der Waals surface area contributed by atoms with Crippen molar-refractivity contribution in [1.29, 1.82) is 5.26 Å². The first kappa shape index (κ1) is 28.2. The highest BCUT2D eigenvalue weighted by molar-refractivity contribution is 5.90. The van der Waals surface area contributed by atoms with E-state index < -0.39 is 48.2 Å². The van der Waals surface area contributed by atoms with Crippen LogP contribution in [0.15, 0.2) is 36.4 Å². The van der Waals surface area contributed by atoms with E-state index in [1.807, 2.05) is 13.1 Å². The molecule has 1 aliphatic rings. The van der Waals surface area contributed by atoms with Gasteiger partial charge in [-0.05, 0) is 69.0 Å². The Morgan fingerprint density at radius 2 is 1.70 bits per heavy atom. The lowest BCUT2D eigenvalue weighted by molar-refractivity contribution is -0.143. The van der Waals surface area contributed by atoms with E-state index in [-0.39, 0.29) is 24.2 Å². The number of alkyl halides is 6. The molecule has 2 aromatic rings. The van der Waals surface area contributed by atoms with Gasteiger partial charge >= 0.3 is 18.4 Å². The van der Waals surface area contributed by atoms with Crippen LogP contribution in [0.2, 0.25) is 0 Å². The molecule has 2 atom stereocenters. The summed E-state index contributed by atoms with van der Waals surface area (Å²) in [7, 11) is 0. The number of aryl methyl sites for hydroxylation is 1. The maximum atomic E-state index is 13.4. The third-order valence-electron chi connectivity index (χ3n) is 6.17. The van der Waals surface area contributed by atoms with Crippen molar-refractivity contribution in [2.24, 2.45) is 0 Å². The van der Waals surface area contributed by atoms with Gasteiger partial charge in [0.15, 0.2) is 6.19 Å². The van der Waals surface area contributed by atoms with Crippen molar-refractivity contribution in [3.63, 3.8) is 0 Å². The summed E-state index contributed by atoms with van der Waals surface area (Å²) in [5.41, 5.74) is -1.32. The summed E-state index contributed by atoms with van der Waals surface area (Å²) in [6.45, 7) is 6.59. The third-order valence-corrected chi connectivity index (χ3v) is 6.17. The number of hydrogen-bond acceptors (Lipinski definition) is 4. The average Bonchev–Trinajstić information content (AvgIpc) is 2.79. The van der Waals surface area contributed by atoms with Crippen LogP contribution < -0.4 is 4.90 Å². The molecule has 0 aromatic heterocycles. The Morgan fingerprint density at radius 1 is 1.11 bits per heavy atom. The highest BCUT2D eigenvalue weighted by atomic mass is 19.4. The number of benzene rings is 2. The van der Waals surface area contributed by atoms with E-state index in [1.165, 1.54) is 9.80 Å². The Balaban J connectivity index is 2.07. The lowest BCUT2D eigenvalue weighted by Gasteiger charge is -2.42. The van der Waals surface area contributed by atoms with Crippen LogP contribution in [-0.4, -0.2) is 23.1 Å². The Labute approximate surface area is 211 Å². The SMILES string of the molecule is CC[C@@H]1C[C@H](N(C#N)Cc2cc(C(F)(F)F)cc(C(F)(F)F)c2)c2cc(C)ccc2N1C(=O)OC(C)C. The number of ether oxygens (including phenoxy) is 1. The molecule has 0 fully saturated rings. The number of fused-ring (bicyclic) bond motifs is 1. The Kier molecular flexibility index (Phi) is 8.00. The van der Waals surface area contributed by atoms with Crippen LogP contribution in [0.5, 0.6) is 0 Å². The molecule has 1 heterocycles. The van der Waals surface area contributed by atoms with E-state index in [0.29, 0.717) is 29.8 Å². The van der Waals surface area contributed by atoms with Gasteiger partial charge in [-0.2, -0.15) is 31.6 Å². The number of hydrogen-bond donors (Lipinski definition) is 0. The first-order valence-corrected chi connectivity index (χ1v) is 11.7.